The zero-order valence-electron chi connectivity index (χ0n) is 20.9. The van der Waals surface area contributed by atoms with E-state index in [0.29, 0.717) is 38.9 Å². The molecule has 0 aliphatic carbocycles. The lowest BCUT2D eigenvalue weighted by atomic mass is 9.73. The molecule has 0 radical (unpaired) electrons. The summed E-state index contributed by atoms with van der Waals surface area (Å²) in [7, 11) is 1.75. The fraction of sp³-hybridized carbons (Fsp3) is 0.731. The van der Waals surface area contributed by atoms with Gasteiger partial charge in [-0.25, -0.2) is 0 Å². The number of aliphatic hydroxyl groups is 1. The molecule has 34 heavy (non-hydrogen) atoms. The Hall–Kier alpha value is -2.19. The van der Waals surface area contributed by atoms with E-state index in [2.05, 4.69) is 6.92 Å². The summed E-state index contributed by atoms with van der Waals surface area (Å²) in [6.45, 7) is 7.43. The number of rotatable bonds is 8. The topological polar surface area (TPSA) is 90.4 Å². The molecule has 0 aromatic carbocycles. The molecule has 0 aromatic rings. The molecule has 8 heteroatoms. The molecule has 2 fully saturated rings. The zero-order valence-corrected chi connectivity index (χ0v) is 20.9. The molecule has 1 spiro atoms. The van der Waals surface area contributed by atoms with Crippen LogP contribution < -0.4 is 0 Å². The Morgan fingerprint density at radius 1 is 1.06 bits per heavy atom. The molecular formula is C26H39N3O5. The Bertz CT molecular complexity index is 888. The molecule has 8 nitrogen and oxygen atoms in total. The van der Waals surface area contributed by atoms with E-state index in [1.165, 1.54) is 0 Å². The van der Waals surface area contributed by atoms with E-state index in [1.807, 2.05) is 43.1 Å². The van der Waals surface area contributed by atoms with Gasteiger partial charge in [-0.15, -0.1) is 0 Å². The highest BCUT2D eigenvalue weighted by Crippen LogP contribution is 2.58. The third-order valence-electron chi connectivity index (χ3n) is 8.22. The molecule has 6 atom stereocenters. The molecule has 0 aromatic heterocycles. The summed E-state index contributed by atoms with van der Waals surface area (Å²) in [6, 6.07) is -0.783. The number of carbonyl (C=O) groups is 3. The Labute approximate surface area is 202 Å². The van der Waals surface area contributed by atoms with Gasteiger partial charge in [-0.1, -0.05) is 44.6 Å². The third kappa shape index (κ3) is 3.61. The smallest absolute Gasteiger partial charge is 0.249 e. The van der Waals surface area contributed by atoms with Crippen LogP contribution in [0.3, 0.4) is 0 Å². The Kier molecular flexibility index (Phi) is 6.93. The first-order valence-corrected chi connectivity index (χ1v) is 12.8. The first kappa shape index (κ1) is 24.9. The number of nitrogens with zero attached hydrogens (tertiary/aromatic N) is 3. The van der Waals surface area contributed by atoms with Gasteiger partial charge in [0.1, 0.15) is 11.6 Å². The van der Waals surface area contributed by atoms with E-state index in [0.717, 1.165) is 12.8 Å². The highest BCUT2D eigenvalue weighted by Gasteiger charge is 2.75. The van der Waals surface area contributed by atoms with Gasteiger partial charge in [0.15, 0.2) is 0 Å². The predicted octanol–water partition coefficient (Wildman–Crippen LogP) is 1.74. The summed E-state index contributed by atoms with van der Waals surface area (Å²) < 4.78 is 6.88. The van der Waals surface area contributed by atoms with E-state index in [1.54, 1.807) is 16.8 Å². The van der Waals surface area contributed by atoms with Crippen molar-refractivity contribution in [3.8, 4) is 0 Å². The summed E-state index contributed by atoms with van der Waals surface area (Å²) in [6.07, 6.45) is 11.2. The number of fused-ring (bicyclic) bond motifs is 2. The molecule has 4 rings (SSSR count). The van der Waals surface area contributed by atoms with Crippen molar-refractivity contribution in [2.75, 3.05) is 33.3 Å². The number of hydrogen-bond donors (Lipinski definition) is 1. The van der Waals surface area contributed by atoms with Crippen molar-refractivity contribution in [2.45, 2.75) is 76.2 Å². The molecule has 4 aliphatic rings. The SMILES string of the molecule is CCCC(C)N1CC=C[C@]23O[C@@]4(CC)C=CCN(C)C(=O)[C@H]4[C@H]2C(=O)N(CCCCO)C3C1=O. The van der Waals surface area contributed by atoms with E-state index in [9.17, 15) is 19.5 Å². The van der Waals surface area contributed by atoms with Crippen LogP contribution in [0.2, 0.25) is 0 Å². The highest BCUT2D eigenvalue weighted by molar-refractivity contribution is 6.00. The number of likely N-dealkylation sites (N-methyl/N-ethyl adjacent to an activating group) is 1. The molecule has 4 heterocycles. The second-order valence-electron chi connectivity index (χ2n) is 10.2. The summed E-state index contributed by atoms with van der Waals surface area (Å²) >= 11 is 0. The van der Waals surface area contributed by atoms with Crippen LogP contribution in [0.15, 0.2) is 24.3 Å². The molecule has 2 unspecified atom stereocenters. The summed E-state index contributed by atoms with van der Waals surface area (Å²) in [5, 5.41) is 9.31. The van der Waals surface area contributed by atoms with Crippen molar-refractivity contribution in [2.24, 2.45) is 11.8 Å². The molecule has 0 saturated carbocycles. The van der Waals surface area contributed by atoms with Crippen LogP contribution in [0.5, 0.6) is 0 Å². The van der Waals surface area contributed by atoms with Crippen molar-refractivity contribution in [3.05, 3.63) is 24.3 Å². The average Bonchev–Trinajstić information content (AvgIpc) is 3.10. The normalized spacial score (nSPS) is 35.9. The minimum atomic E-state index is -1.19. The fourth-order valence-corrected chi connectivity index (χ4v) is 6.50. The highest BCUT2D eigenvalue weighted by atomic mass is 16.5. The molecule has 3 amide bonds. The van der Waals surface area contributed by atoms with Crippen molar-refractivity contribution >= 4 is 17.7 Å². The first-order valence-electron chi connectivity index (χ1n) is 12.8. The van der Waals surface area contributed by atoms with Crippen molar-refractivity contribution in [3.63, 3.8) is 0 Å². The molecule has 2 saturated heterocycles. The lowest BCUT2D eigenvalue weighted by Gasteiger charge is -2.39. The van der Waals surface area contributed by atoms with Crippen LogP contribution in [0.25, 0.3) is 0 Å². The van der Waals surface area contributed by atoms with Gasteiger partial charge in [0, 0.05) is 39.3 Å². The fourth-order valence-electron chi connectivity index (χ4n) is 6.50. The Balaban J connectivity index is 1.84. The number of ether oxygens (including phenoxy) is 1. The predicted molar refractivity (Wildman–Crippen MR) is 128 cm³/mol. The number of unbranched alkanes of at least 4 members (excludes halogenated alkanes) is 1. The number of hydrogen-bond acceptors (Lipinski definition) is 5. The number of aliphatic hydroxyl groups excluding tert-OH is 1. The standard InChI is InChI=1S/C26H39N3O5/c1-5-11-18(3)28-16-10-13-26-20(23(32)29(15-7-8-17-30)21(26)24(28)33)19-22(31)27(4)14-9-12-25(19,6-2)34-26/h9-10,12-13,18-21,30H,5-8,11,14-17H2,1-4H3/t18?,19-,20+,21?,25+,26+/m1/s1. The Morgan fingerprint density at radius 2 is 1.79 bits per heavy atom. The van der Waals surface area contributed by atoms with Crippen LogP contribution >= 0.6 is 0 Å². The second kappa shape index (κ2) is 9.46. The van der Waals surface area contributed by atoms with E-state index in [4.69, 9.17) is 4.74 Å². The van der Waals surface area contributed by atoms with Gasteiger partial charge in [0.05, 0.1) is 17.4 Å². The van der Waals surface area contributed by atoms with E-state index >= 15 is 0 Å². The van der Waals surface area contributed by atoms with Crippen molar-refractivity contribution in [1.29, 1.82) is 0 Å². The Morgan fingerprint density at radius 3 is 2.47 bits per heavy atom. The van der Waals surface area contributed by atoms with Crippen LogP contribution in [-0.2, 0) is 19.1 Å². The van der Waals surface area contributed by atoms with Gasteiger partial charge >= 0.3 is 0 Å². The largest absolute Gasteiger partial charge is 0.396 e. The number of likely N-dealkylation sites (tertiary alicyclic amines) is 1. The molecular weight excluding hydrogens is 434 g/mol. The summed E-state index contributed by atoms with van der Waals surface area (Å²) in [5.74, 6) is -1.86. The number of amides is 3. The lowest BCUT2D eigenvalue weighted by molar-refractivity contribution is -0.155. The molecule has 4 aliphatic heterocycles. The van der Waals surface area contributed by atoms with Crippen molar-refractivity contribution < 1.29 is 24.2 Å². The maximum absolute atomic E-state index is 14.1. The zero-order chi connectivity index (χ0) is 24.7. The minimum absolute atomic E-state index is 0.0287. The maximum Gasteiger partial charge on any atom is 0.249 e. The summed E-state index contributed by atoms with van der Waals surface area (Å²) in [5.41, 5.74) is -2.11. The molecule has 0 bridgehead atoms. The third-order valence-corrected chi connectivity index (χ3v) is 8.22. The average molecular weight is 474 g/mol. The van der Waals surface area contributed by atoms with Crippen molar-refractivity contribution in [1.82, 2.24) is 14.7 Å². The van der Waals surface area contributed by atoms with Gasteiger partial charge < -0.3 is 24.5 Å². The quantitative estimate of drug-likeness (QED) is 0.428. The minimum Gasteiger partial charge on any atom is -0.396 e. The van der Waals surface area contributed by atoms with Gasteiger partial charge in [0.25, 0.3) is 0 Å². The van der Waals surface area contributed by atoms with Gasteiger partial charge in [-0.2, -0.15) is 0 Å². The van der Waals surface area contributed by atoms with Gasteiger partial charge in [-0.3, -0.25) is 14.4 Å². The van der Waals surface area contributed by atoms with E-state index < -0.39 is 29.1 Å². The number of carbonyl (C=O) groups excluding carboxylic acids is 3. The van der Waals surface area contributed by atoms with Crippen LogP contribution in [0, 0.1) is 11.8 Å². The molecule has 1 N–H and O–H groups in total. The van der Waals surface area contributed by atoms with Crippen LogP contribution in [-0.4, -0.2) is 94.1 Å². The monoisotopic (exact) mass is 473 g/mol. The van der Waals surface area contributed by atoms with Crippen LogP contribution in [0.1, 0.15) is 52.9 Å². The van der Waals surface area contributed by atoms with E-state index in [-0.39, 0.29) is 30.4 Å². The molecule has 188 valence electrons. The van der Waals surface area contributed by atoms with Gasteiger partial charge in [-0.05, 0) is 32.6 Å². The summed E-state index contributed by atoms with van der Waals surface area (Å²) in [4.78, 5) is 47.0. The maximum atomic E-state index is 14.1. The first-order chi connectivity index (χ1) is 16.3. The second-order valence-corrected chi connectivity index (χ2v) is 10.2. The van der Waals surface area contributed by atoms with Gasteiger partial charge in [0.2, 0.25) is 17.7 Å². The lowest BCUT2D eigenvalue weighted by Crippen LogP contribution is -2.57. The van der Waals surface area contributed by atoms with Crippen LogP contribution in [0.4, 0.5) is 0 Å².